The number of ether oxygens (including phenoxy) is 1. The van der Waals surface area contributed by atoms with Crippen LogP contribution in [0.15, 0.2) is 36.5 Å². The zero-order valence-electron chi connectivity index (χ0n) is 17.2. The molecule has 1 aliphatic heterocycles. The predicted molar refractivity (Wildman–Crippen MR) is 114 cm³/mol. The molecule has 7 nitrogen and oxygen atoms in total. The second-order valence-corrected chi connectivity index (χ2v) is 7.71. The van der Waals surface area contributed by atoms with Gasteiger partial charge in [-0.2, -0.15) is 0 Å². The monoisotopic (exact) mass is 406 g/mol. The number of rotatable bonds is 3. The van der Waals surface area contributed by atoms with Crippen molar-refractivity contribution in [3.8, 4) is 16.9 Å². The number of aryl methyl sites for hydroxylation is 2. The highest BCUT2D eigenvalue weighted by Gasteiger charge is 2.23. The second kappa shape index (κ2) is 7.21. The van der Waals surface area contributed by atoms with E-state index in [0.29, 0.717) is 18.9 Å². The number of halogens is 1. The Hall–Kier alpha value is -3.26. The molecular formula is C22H23FN6O. The molecule has 1 saturated heterocycles. The number of nitrogens with one attached hydrogen (secondary N) is 1. The fourth-order valence-corrected chi connectivity index (χ4v) is 4.17. The summed E-state index contributed by atoms with van der Waals surface area (Å²) in [4.78, 5) is 10.3. The van der Waals surface area contributed by atoms with Crippen LogP contribution in [0.25, 0.3) is 27.8 Å². The summed E-state index contributed by atoms with van der Waals surface area (Å²) in [5.41, 5.74) is 3.10. The van der Waals surface area contributed by atoms with E-state index >= 15 is 0 Å². The Morgan fingerprint density at radius 2 is 1.93 bits per heavy atom. The molecule has 1 N–H and O–H groups in total. The number of hydrogen-bond acceptors (Lipinski definition) is 5. The molecule has 0 amide bonds. The lowest BCUT2D eigenvalue weighted by molar-refractivity contribution is 0.0985. The number of pyridine rings is 1. The van der Waals surface area contributed by atoms with Gasteiger partial charge in [0.05, 0.1) is 30.6 Å². The van der Waals surface area contributed by atoms with Crippen LogP contribution in [0.1, 0.15) is 18.6 Å². The van der Waals surface area contributed by atoms with E-state index in [1.807, 2.05) is 42.8 Å². The van der Waals surface area contributed by atoms with Crippen molar-refractivity contribution in [1.29, 1.82) is 0 Å². The number of nitrogens with zero attached hydrogens (tertiary/aromatic N) is 5. The van der Waals surface area contributed by atoms with Gasteiger partial charge in [-0.15, -0.1) is 10.2 Å². The van der Waals surface area contributed by atoms with Crippen molar-refractivity contribution in [3.63, 3.8) is 0 Å². The minimum Gasteiger partial charge on any atom is -0.377 e. The van der Waals surface area contributed by atoms with E-state index in [0.717, 1.165) is 46.2 Å². The Kier molecular flexibility index (Phi) is 4.51. The van der Waals surface area contributed by atoms with Crippen LogP contribution in [0.4, 0.5) is 10.2 Å². The maximum atomic E-state index is 14.4. The minimum atomic E-state index is -0.301. The Balaban J connectivity index is 1.75. The summed E-state index contributed by atoms with van der Waals surface area (Å²) in [5.74, 6) is 2.11. The Bertz CT molecular complexity index is 1210. The molecule has 0 spiro atoms. The van der Waals surface area contributed by atoms with E-state index in [1.54, 1.807) is 6.07 Å². The lowest BCUT2D eigenvalue weighted by Gasteiger charge is -2.34. The summed E-state index contributed by atoms with van der Waals surface area (Å²) >= 11 is 0. The van der Waals surface area contributed by atoms with Crippen molar-refractivity contribution in [2.24, 2.45) is 0 Å². The maximum absolute atomic E-state index is 14.4. The first-order valence-corrected chi connectivity index (χ1v) is 10.0. The highest BCUT2D eigenvalue weighted by molar-refractivity contribution is 5.94. The molecule has 30 heavy (non-hydrogen) atoms. The minimum absolute atomic E-state index is 0.192. The fourth-order valence-electron chi connectivity index (χ4n) is 4.17. The summed E-state index contributed by atoms with van der Waals surface area (Å²) in [5, 5.41) is 9.33. The van der Waals surface area contributed by atoms with Gasteiger partial charge < -0.3 is 14.6 Å². The number of aromatic amines is 1. The van der Waals surface area contributed by atoms with Crippen molar-refractivity contribution >= 4 is 16.7 Å². The molecule has 0 aliphatic carbocycles. The molecule has 0 radical (unpaired) electrons. The normalized spacial score (nSPS) is 17.1. The van der Waals surface area contributed by atoms with E-state index in [2.05, 4.69) is 27.0 Å². The summed E-state index contributed by atoms with van der Waals surface area (Å²) in [6.07, 6.45) is 1.82. The predicted octanol–water partition coefficient (Wildman–Crippen LogP) is 3.79. The van der Waals surface area contributed by atoms with Gasteiger partial charge in [0.1, 0.15) is 23.3 Å². The molecular weight excluding hydrogens is 383 g/mol. The molecule has 0 saturated carbocycles. The number of anilines is 1. The van der Waals surface area contributed by atoms with Crippen LogP contribution in [-0.4, -0.2) is 50.5 Å². The molecule has 4 heterocycles. The van der Waals surface area contributed by atoms with Crippen molar-refractivity contribution in [2.75, 3.05) is 24.7 Å². The molecule has 154 valence electrons. The number of morpholine rings is 1. The quantitative estimate of drug-likeness (QED) is 0.560. The average molecular weight is 406 g/mol. The van der Waals surface area contributed by atoms with Crippen LogP contribution in [0.3, 0.4) is 0 Å². The van der Waals surface area contributed by atoms with Crippen LogP contribution in [0.5, 0.6) is 0 Å². The van der Waals surface area contributed by atoms with Crippen molar-refractivity contribution in [3.05, 3.63) is 54.0 Å². The molecule has 4 aromatic rings. The average Bonchev–Trinajstić information content (AvgIpc) is 3.33. The Morgan fingerprint density at radius 1 is 1.13 bits per heavy atom. The zero-order chi connectivity index (χ0) is 20.8. The molecule has 0 unspecified atom stereocenters. The highest BCUT2D eigenvalue weighted by Crippen LogP contribution is 2.32. The van der Waals surface area contributed by atoms with E-state index in [9.17, 15) is 4.39 Å². The van der Waals surface area contributed by atoms with Crippen LogP contribution in [-0.2, 0) is 4.74 Å². The van der Waals surface area contributed by atoms with Gasteiger partial charge in [-0.1, -0.05) is 0 Å². The first kappa shape index (κ1) is 18.7. The number of hydrogen-bond donors (Lipinski definition) is 1. The molecule has 1 aromatic carbocycles. The lowest BCUT2D eigenvalue weighted by atomic mass is 10.1. The molecule has 3 aromatic heterocycles. The van der Waals surface area contributed by atoms with Gasteiger partial charge in [-0.05, 0) is 45.0 Å². The first-order valence-electron chi connectivity index (χ1n) is 10.0. The van der Waals surface area contributed by atoms with Gasteiger partial charge >= 0.3 is 0 Å². The van der Waals surface area contributed by atoms with Gasteiger partial charge in [0.2, 0.25) is 0 Å². The lowest BCUT2D eigenvalue weighted by Crippen LogP contribution is -2.44. The number of benzene rings is 1. The van der Waals surface area contributed by atoms with Crippen molar-refractivity contribution in [2.45, 2.75) is 26.8 Å². The maximum Gasteiger partial charge on any atom is 0.134 e. The van der Waals surface area contributed by atoms with E-state index in [4.69, 9.17) is 9.72 Å². The standard InChI is InChI=1S/C22H23FN6O/c1-13-12-30-7-6-28(13)22-11-17(29-14(2)26-27-15(29)3)10-21(25-22)19-8-16(23)9-20-18(19)4-5-24-20/h4-5,8-11,13,24H,6-7,12H2,1-3H3/t13-/m1/s1. The third-order valence-electron chi connectivity index (χ3n) is 5.61. The third kappa shape index (κ3) is 3.13. The summed E-state index contributed by atoms with van der Waals surface area (Å²) in [6, 6.07) is 9.20. The van der Waals surface area contributed by atoms with Crippen LogP contribution in [0.2, 0.25) is 0 Å². The zero-order valence-corrected chi connectivity index (χ0v) is 17.2. The van der Waals surface area contributed by atoms with Crippen molar-refractivity contribution < 1.29 is 9.13 Å². The molecule has 5 rings (SSSR count). The Morgan fingerprint density at radius 3 is 2.70 bits per heavy atom. The topological polar surface area (TPSA) is 71.9 Å². The van der Waals surface area contributed by atoms with Crippen molar-refractivity contribution in [1.82, 2.24) is 24.7 Å². The van der Waals surface area contributed by atoms with Gasteiger partial charge in [0.15, 0.2) is 0 Å². The van der Waals surface area contributed by atoms with Crippen LogP contribution >= 0.6 is 0 Å². The smallest absolute Gasteiger partial charge is 0.134 e. The van der Waals surface area contributed by atoms with Gasteiger partial charge in [0.25, 0.3) is 0 Å². The molecule has 1 atom stereocenters. The third-order valence-corrected chi connectivity index (χ3v) is 5.61. The Labute approximate surface area is 173 Å². The largest absolute Gasteiger partial charge is 0.377 e. The number of fused-ring (bicyclic) bond motifs is 1. The van der Waals surface area contributed by atoms with E-state index in [-0.39, 0.29) is 11.9 Å². The van der Waals surface area contributed by atoms with Crippen LogP contribution < -0.4 is 4.90 Å². The summed E-state index contributed by atoms with van der Waals surface area (Å²) in [7, 11) is 0. The van der Waals surface area contributed by atoms with Crippen LogP contribution in [0, 0.1) is 19.7 Å². The second-order valence-electron chi connectivity index (χ2n) is 7.71. The molecule has 0 bridgehead atoms. The number of aromatic nitrogens is 5. The van der Waals surface area contributed by atoms with E-state index in [1.165, 1.54) is 6.07 Å². The van der Waals surface area contributed by atoms with Gasteiger partial charge in [0, 0.05) is 35.3 Å². The van der Waals surface area contributed by atoms with E-state index < -0.39 is 0 Å². The molecule has 1 aliphatic rings. The summed E-state index contributed by atoms with van der Waals surface area (Å²) < 4.78 is 22.0. The highest BCUT2D eigenvalue weighted by atomic mass is 19.1. The van der Waals surface area contributed by atoms with Gasteiger partial charge in [-0.25, -0.2) is 9.37 Å². The molecule has 8 heteroatoms. The first-order chi connectivity index (χ1) is 14.5. The SMILES string of the molecule is Cc1nnc(C)n1-c1cc(-c2cc(F)cc3[nH]ccc23)nc(N2CCOC[C@H]2C)c1. The molecule has 1 fully saturated rings. The number of H-pyrrole nitrogens is 1. The fraction of sp³-hybridized carbons (Fsp3) is 0.318. The van der Waals surface area contributed by atoms with Gasteiger partial charge in [-0.3, -0.25) is 4.57 Å². The summed E-state index contributed by atoms with van der Waals surface area (Å²) in [6.45, 7) is 8.01.